The van der Waals surface area contributed by atoms with Crippen molar-refractivity contribution < 1.29 is 52.7 Å². The number of rotatable bonds is 6. The zero-order chi connectivity index (χ0) is 32.7. The first kappa shape index (κ1) is 38.9. The van der Waals surface area contributed by atoms with Gasteiger partial charge in [-0.25, -0.2) is 19.2 Å². The molecule has 0 aliphatic rings. The summed E-state index contributed by atoms with van der Waals surface area (Å²) >= 11 is 0. The van der Waals surface area contributed by atoms with E-state index in [9.17, 15) is 19.2 Å². The van der Waals surface area contributed by atoms with Gasteiger partial charge in [0.15, 0.2) is 0 Å². The molecule has 13 nitrogen and oxygen atoms in total. The summed E-state index contributed by atoms with van der Waals surface area (Å²) in [5, 5.41) is 9.84. The lowest BCUT2D eigenvalue weighted by molar-refractivity contribution is -0.138. The molecule has 0 atom stereocenters. The lowest BCUT2D eigenvalue weighted by Crippen LogP contribution is -2.16. The molecule has 2 aromatic rings. The van der Waals surface area contributed by atoms with Crippen LogP contribution in [0.5, 0.6) is 11.5 Å². The first-order valence-corrected chi connectivity index (χ1v) is 11.8. The molecule has 0 unspecified atom stereocenters. The Kier molecular flexibility index (Phi) is 20.9. The predicted molar refractivity (Wildman–Crippen MR) is 156 cm³/mol. The van der Waals surface area contributed by atoms with Gasteiger partial charge in [0.05, 0.1) is 48.7 Å². The topological polar surface area (TPSA) is 182 Å². The van der Waals surface area contributed by atoms with Crippen LogP contribution in [0.4, 0.5) is 11.4 Å². The number of carbonyl (C=O) groups is 4. The third-order valence-corrected chi connectivity index (χ3v) is 4.83. The molecule has 230 valence electrons. The van der Waals surface area contributed by atoms with Gasteiger partial charge in [0.25, 0.3) is 0 Å². The summed E-state index contributed by atoms with van der Waals surface area (Å²) < 4.78 is 27.6. The number of methoxy groups -OCH3 is 6. The molecule has 13 heteroatoms. The molecule has 0 aromatic heterocycles. The van der Waals surface area contributed by atoms with E-state index in [2.05, 4.69) is 24.3 Å². The second kappa shape index (κ2) is 22.6. The summed E-state index contributed by atoms with van der Waals surface area (Å²) in [4.78, 5) is 43.4. The minimum atomic E-state index is -0.759. The van der Waals surface area contributed by atoms with Gasteiger partial charge in [0, 0.05) is 41.5 Å². The zero-order valence-corrected chi connectivity index (χ0v) is 25.1. The largest absolute Gasteiger partial charge is 0.496 e. The number of carbonyl (C=O) groups excluding carboxylic acids is 4. The van der Waals surface area contributed by atoms with E-state index in [0.29, 0.717) is 11.4 Å². The van der Waals surface area contributed by atoms with Crippen LogP contribution in [0.1, 0.15) is 11.1 Å². The van der Waals surface area contributed by atoms with Gasteiger partial charge in [-0.2, -0.15) is 0 Å². The van der Waals surface area contributed by atoms with E-state index < -0.39 is 23.9 Å². The summed E-state index contributed by atoms with van der Waals surface area (Å²) in [7, 11) is 9.00. The number of nitrogens with two attached hydrogens (primary N) is 1. The van der Waals surface area contributed by atoms with Crippen LogP contribution in [0.15, 0.2) is 48.2 Å². The third-order valence-electron chi connectivity index (χ3n) is 4.83. The normalized spacial score (nSPS) is 9.14. The summed E-state index contributed by atoms with van der Waals surface area (Å²) in [6, 6.07) is 10.9. The molecule has 0 fully saturated rings. The smallest absolute Gasteiger partial charge is 0.384 e. The van der Waals surface area contributed by atoms with E-state index in [-0.39, 0.29) is 5.70 Å². The Morgan fingerprint density at radius 3 is 1.62 bits per heavy atom. The quantitative estimate of drug-likeness (QED) is 0.111. The molecule has 0 spiro atoms. The maximum Gasteiger partial charge on any atom is 0.384 e. The maximum atomic E-state index is 11.6. The zero-order valence-electron chi connectivity index (χ0n) is 25.1. The highest BCUT2D eigenvalue weighted by Gasteiger charge is 2.14. The van der Waals surface area contributed by atoms with Gasteiger partial charge in [-0.15, -0.1) is 0 Å². The molecule has 0 aliphatic carbocycles. The fourth-order valence-electron chi connectivity index (χ4n) is 2.61. The molecule has 0 aliphatic heterocycles. The van der Waals surface area contributed by atoms with Crippen LogP contribution in [-0.4, -0.2) is 78.8 Å². The molecule has 0 saturated heterocycles. The number of benzene rings is 2. The number of hydrogen-bond donors (Lipinski definition) is 3. The van der Waals surface area contributed by atoms with Crippen molar-refractivity contribution in [3.8, 4) is 23.3 Å². The SMILES string of the molecule is CO.COC(=O)/C=C(/Nc1cccc(OC)c1C)C(=O)OC.COC(=O)C#CC(=O)OC.COc1cccc(N)c1C. The Hall–Kier alpha value is -5.22. The second-order valence-electron chi connectivity index (χ2n) is 7.24. The first-order chi connectivity index (χ1) is 20.0. The van der Waals surface area contributed by atoms with Gasteiger partial charge >= 0.3 is 23.9 Å². The lowest BCUT2D eigenvalue weighted by Gasteiger charge is -2.13. The predicted octanol–water partition coefficient (Wildman–Crippen LogP) is 2.18. The van der Waals surface area contributed by atoms with E-state index in [1.54, 1.807) is 32.4 Å². The van der Waals surface area contributed by atoms with E-state index in [4.69, 9.17) is 20.3 Å². The maximum absolute atomic E-state index is 11.6. The summed E-state index contributed by atoms with van der Waals surface area (Å²) in [6.45, 7) is 3.77. The van der Waals surface area contributed by atoms with Crippen LogP contribution < -0.4 is 20.5 Å². The highest BCUT2D eigenvalue weighted by Crippen LogP contribution is 2.26. The number of aliphatic hydroxyl groups excluding tert-OH is 1. The number of ether oxygens (including phenoxy) is 6. The third kappa shape index (κ3) is 14.8. The van der Waals surface area contributed by atoms with Gasteiger partial charge in [-0.1, -0.05) is 12.1 Å². The molecule has 2 aromatic carbocycles. The average molecular weight is 591 g/mol. The molecule has 0 amide bonds. The number of nitrogens with one attached hydrogen (secondary N) is 1. The van der Waals surface area contributed by atoms with Crippen molar-refractivity contribution in [1.29, 1.82) is 0 Å². The monoisotopic (exact) mass is 590 g/mol. The molecule has 0 bridgehead atoms. The first-order valence-electron chi connectivity index (χ1n) is 11.8. The Bertz CT molecular complexity index is 1240. The molecular formula is C29H38N2O11. The average Bonchev–Trinajstić information content (AvgIpc) is 3.02. The summed E-state index contributed by atoms with van der Waals surface area (Å²) in [6.07, 6.45) is 1.03. The van der Waals surface area contributed by atoms with E-state index in [1.807, 2.05) is 43.9 Å². The summed E-state index contributed by atoms with van der Waals surface area (Å²) in [5.74, 6) is 2.47. The number of hydrogen-bond acceptors (Lipinski definition) is 13. The van der Waals surface area contributed by atoms with Gasteiger partial charge < -0.3 is 44.6 Å². The van der Waals surface area contributed by atoms with Crippen molar-refractivity contribution in [2.24, 2.45) is 0 Å². The van der Waals surface area contributed by atoms with Crippen LogP contribution in [-0.2, 0) is 38.1 Å². The number of aliphatic hydroxyl groups is 1. The number of esters is 4. The Balaban J connectivity index is 0. The Morgan fingerprint density at radius 1 is 0.738 bits per heavy atom. The van der Waals surface area contributed by atoms with Crippen LogP contribution >= 0.6 is 0 Å². The van der Waals surface area contributed by atoms with Crippen molar-refractivity contribution in [1.82, 2.24) is 0 Å². The Morgan fingerprint density at radius 2 is 1.21 bits per heavy atom. The van der Waals surface area contributed by atoms with Crippen LogP contribution in [0.3, 0.4) is 0 Å². The standard InChI is InChI=1S/C14H17NO5.C8H11NO.C6H6O4.CH4O/c1-9-10(6-5-7-12(9)18-2)15-11(14(17)20-4)8-13(16)19-3;1-6-7(9)4-3-5-8(6)10-2;1-9-5(7)3-4-6(8)10-2;1-2/h5-8,15H,1-4H3;3-5H,9H2,1-2H3;1-2H3;2H,1H3/b11-8+;;;. The van der Waals surface area contributed by atoms with Crippen LogP contribution in [0.2, 0.25) is 0 Å². The highest BCUT2D eigenvalue weighted by molar-refractivity contribution is 5.99. The Labute approximate surface area is 245 Å². The number of nitrogen functional groups attached to an aromatic ring is 1. The van der Waals surface area contributed by atoms with E-state index >= 15 is 0 Å². The fraction of sp³-hybridized carbons (Fsp3) is 0.310. The van der Waals surface area contributed by atoms with E-state index in [1.165, 1.54) is 28.4 Å². The highest BCUT2D eigenvalue weighted by atomic mass is 16.5. The molecule has 2 rings (SSSR count). The van der Waals surface area contributed by atoms with Crippen molar-refractivity contribution in [3.05, 3.63) is 59.3 Å². The van der Waals surface area contributed by atoms with Crippen molar-refractivity contribution in [2.45, 2.75) is 13.8 Å². The molecule has 42 heavy (non-hydrogen) atoms. The minimum absolute atomic E-state index is 0.0179. The minimum Gasteiger partial charge on any atom is -0.496 e. The second-order valence-corrected chi connectivity index (χ2v) is 7.24. The van der Waals surface area contributed by atoms with Gasteiger partial charge in [-0.05, 0) is 38.1 Å². The lowest BCUT2D eigenvalue weighted by atomic mass is 10.1. The van der Waals surface area contributed by atoms with Crippen LogP contribution in [0.25, 0.3) is 0 Å². The molecule has 0 heterocycles. The summed E-state index contributed by atoms with van der Waals surface area (Å²) in [5.41, 5.74) is 8.81. The molecule has 4 N–H and O–H groups in total. The number of anilines is 2. The fourth-order valence-corrected chi connectivity index (χ4v) is 2.61. The van der Waals surface area contributed by atoms with Crippen molar-refractivity contribution >= 4 is 35.3 Å². The van der Waals surface area contributed by atoms with Gasteiger partial charge in [0.1, 0.15) is 17.2 Å². The molecular weight excluding hydrogens is 552 g/mol. The van der Waals surface area contributed by atoms with Crippen molar-refractivity contribution in [3.63, 3.8) is 0 Å². The van der Waals surface area contributed by atoms with Gasteiger partial charge in [-0.3, -0.25) is 0 Å². The molecule has 0 radical (unpaired) electrons. The molecule has 0 saturated carbocycles. The van der Waals surface area contributed by atoms with Crippen molar-refractivity contribution in [2.75, 3.05) is 60.8 Å². The van der Waals surface area contributed by atoms with E-state index in [0.717, 1.165) is 35.7 Å². The van der Waals surface area contributed by atoms with Crippen LogP contribution in [0, 0.1) is 25.7 Å². The van der Waals surface area contributed by atoms with Gasteiger partial charge in [0.2, 0.25) is 0 Å².